The number of likely N-dealkylation sites (tertiary alicyclic amines) is 1. The Morgan fingerprint density at radius 3 is 2.81 bits per heavy atom. The lowest BCUT2D eigenvalue weighted by molar-refractivity contribution is 0.0944. The highest BCUT2D eigenvalue weighted by Gasteiger charge is 2.17. The van der Waals surface area contributed by atoms with Gasteiger partial charge in [0.05, 0.1) is 11.3 Å². The maximum Gasteiger partial charge on any atom is 0.252 e. The van der Waals surface area contributed by atoms with Gasteiger partial charge < -0.3 is 16.0 Å². The van der Waals surface area contributed by atoms with E-state index in [4.69, 9.17) is 5.73 Å². The molecule has 1 atom stereocenters. The van der Waals surface area contributed by atoms with Crippen molar-refractivity contribution in [3.8, 4) is 0 Å². The van der Waals surface area contributed by atoms with Crippen molar-refractivity contribution >= 4 is 27.5 Å². The molecule has 3 N–H and O–H groups in total. The summed E-state index contributed by atoms with van der Waals surface area (Å²) in [6.45, 7) is 6.01. The molecule has 0 saturated carbocycles. The molecule has 4 nitrogen and oxygen atoms in total. The Morgan fingerprint density at radius 2 is 2.14 bits per heavy atom. The molecule has 1 amide bonds. The van der Waals surface area contributed by atoms with Crippen LogP contribution in [0.5, 0.6) is 0 Å². The molecule has 0 spiro atoms. The van der Waals surface area contributed by atoms with E-state index in [9.17, 15) is 9.18 Å². The number of carbonyl (C=O) groups excluding carboxylic acids is 1. The van der Waals surface area contributed by atoms with E-state index < -0.39 is 5.82 Å². The summed E-state index contributed by atoms with van der Waals surface area (Å²) >= 11 is 3.20. The van der Waals surface area contributed by atoms with Crippen LogP contribution in [0.3, 0.4) is 0 Å². The fourth-order valence-corrected chi connectivity index (χ4v) is 3.07. The maximum atomic E-state index is 13.3. The molecule has 0 aromatic heterocycles. The standard InChI is InChI=1S/C15H21BrFN3O/c1-10(9-20-4-2-3-5-20)8-19-15(21)11-6-14(18)13(17)7-12(11)16/h6-7,10H,2-5,8-9,18H2,1H3,(H,19,21). The summed E-state index contributed by atoms with van der Waals surface area (Å²) in [5, 5.41) is 2.89. The molecule has 1 unspecified atom stereocenters. The number of rotatable bonds is 5. The summed E-state index contributed by atoms with van der Waals surface area (Å²) in [6.07, 6.45) is 2.53. The van der Waals surface area contributed by atoms with E-state index in [-0.39, 0.29) is 11.6 Å². The van der Waals surface area contributed by atoms with Crippen LogP contribution in [0.25, 0.3) is 0 Å². The van der Waals surface area contributed by atoms with E-state index in [0.29, 0.717) is 22.5 Å². The Labute approximate surface area is 133 Å². The van der Waals surface area contributed by atoms with Gasteiger partial charge in [0.25, 0.3) is 5.91 Å². The fraction of sp³-hybridized carbons (Fsp3) is 0.533. The highest BCUT2D eigenvalue weighted by molar-refractivity contribution is 9.10. The van der Waals surface area contributed by atoms with Gasteiger partial charge in [-0.2, -0.15) is 0 Å². The smallest absolute Gasteiger partial charge is 0.252 e. The number of nitrogen functional groups attached to an aromatic ring is 1. The second-order valence-electron chi connectivity index (χ2n) is 5.68. The van der Waals surface area contributed by atoms with Crippen molar-refractivity contribution in [3.63, 3.8) is 0 Å². The molecular formula is C15H21BrFN3O. The van der Waals surface area contributed by atoms with Crippen LogP contribution < -0.4 is 11.1 Å². The predicted molar refractivity (Wildman–Crippen MR) is 85.7 cm³/mol. The summed E-state index contributed by atoms with van der Waals surface area (Å²) in [5.74, 6) is -0.383. The minimum absolute atomic E-state index is 0.0199. The minimum atomic E-state index is -0.527. The summed E-state index contributed by atoms with van der Waals surface area (Å²) in [4.78, 5) is 14.6. The second kappa shape index (κ2) is 7.22. The third kappa shape index (κ3) is 4.41. The first kappa shape index (κ1) is 16.2. The number of hydrogen-bond donors (Lipinski definition) is 2. The van der Waals surface area contributed by atoms with E-state index in [0.717, 1.165) is 19.6 Å². The molecule has 1 saturated heterocycles. The Bertz CT molecular complexity index is 518. The van der Waals surface area contributed by atoms with Gasteiger partial charge in [-0.1, -0.05) is 6.92 Å². The van der Waals surface area contributed by atoms with E-state index in [2.05, 4.69) is 33.1 Å². The summed E-state index contributed by atoms with van der Waals surface area (Å²) in [6, 6.07) is 2.58. The van der Waals surface area contributed by atoms with Crippen molar-refractivity contribution < 1.29 is 9.18 Å². The SMILES string of the molecule is CC(CNC(=O)c1cc(N)c(F)cc1Br)CN1CCCC1. The van der Waals surface area contributed by atoms with Crippen molar-refractivity contribution in [2.45, 2.75) is 19.8 Å². The first-order valence-electron chi connectivity index (χ1n) is 7.22. The third-order valence-electron chi connectivity index (χ3n) is 3.71. The lowest BCUT2D eigenvalue weighted by Crippen LogP contribution is -2.34. The van der Waals surface area contributed by atoms with Gasteiger partial charge in [0.15, 0.2) is 0 Å². The fourth-order valence-electron chi connectivity index (χ4n) is 2.57. The van der Waals surface area contributed by atoms with Crippen LogP contribution >= 0.6 is 15.9 Å². The number of carbonyl (C=O) groups is 1. The number of anilines is 1. The minimum Gasteiger partial charge on any atom is -0.396 e. The molecule has 1 heterocycles. The number of nitrogens with zero attached hydrogens (tertiary/aromatic N) is 1. The average molecular weight is 358 g/mol. The van der Waals surface area contributed by atoms with Gasteiger partial charge in [-0.15, -0.1) is 0 Å². The molecule has 21 heavy (non-hydrogen) atoms. The van der Waals surface area contributed by atoms with Crippen LogP contribution in [0.15, 0.2) is 16.6 Å². The monoisotopic (exact) mass is 357 g/mol. The lowest BCUT2D eigenvalue weighted by atomic mass is 10.1. The third-order valence-corrected chi connectivity index (χ3v) is 4.37. The number of amides is 1. The largest absolute Gasteiger partial charge is 0.396 e. The number of hydrogen-bond acceptors (Lipinski definition) is 3. The zero-order valence-corrected chi connectivity index (χ0v) is 13.7. The van der Waals surface area contributed by atoms with Gasteiger partial charge in [0.2, 0.25) is 0 Å². The predicted octanol–water partition coefficient (Wildman–Crippen LogP) is 2.63. The Balaban J connectivity index is 1.87. The average Bonchev–Trinajstić information content (AvgIpc) is 2.93. The van der Waals surface area contributed by atoms with Gasteiger partial charge >= 0.3 is 0 Å². The number of nitrogens with one attached hydrogen (secondary N) is 1. The van der Waals surface area contributed by atoms with Gasteiger partial charge in [0.1, 0.15) is 5.82 Å². The molecule has 1 aromatic rings. The zero-order valence-electron chi connectivity index (χ0n) is 12.2. The first-order chi connectivity index (χ1) is 9.97. The number of nitrogens with two attached hydrogens (primary N) is 1. The van der Waals surface area contributed by atoms with Crippen molar-refractivity contribution in [2.24, 2.45) is 5.92 Å². The molecule has 0 aliphatic carbocycles. The van der Waals surface area contributed by atoms with Gasteiger partial charge in [-0.3, -0.25) is 4.79 Å². The van der Waals surface area contributed by atoms with E-state index in [1.807, 2.05) is 0 Å². The van der Waals surface area contributed by atoms with Crippen LogP contribution in [-0.2, 0) is 0 Å². The molecule has 1 aliphatic rings. The summed E-state index contributed by atoms with van der Waals surface area (Å²) < 4.78 is 13.7. The van der Waals surface area contributed by atoms with E-state index >= 15 is 0 Å². The van der Waals surface area contributed by atoms with Gasteiger partial charge in [-0.25, -0.2) is 4.39 Å². The zero-order chi connectivity index (χ0) is 15.4. The Morgan fingerprint density at radius 1 is 1.48 bits per heavy atom. The highest BCUT2D eigenvalue weighted by atomic mass is 79.9. The van der Waals surface area contributed by atoms with Crippen LogP contribution in [-0.4, -0.2) is 37.0 Å². The van der Waals surface area contributed by atoms with Crippen molar-refractivity contribution in [3.05, 3.63) is 28.0 Å². The van der Waals surface area contributed by atoms with Gasteiger partial charge in [-0.05, 0) is 59.9 Å². The van der Waals surface area contributed by atoms with Crippen molar-refractivity contribution in [2.75, 3.05) is 31.9 Å². The summed E-state index contributed by atoms with van der Waals surface area (Å²) in [7, 11) is 0. The molecule has 116 valence electrons. The van der Waals surface area contributed by atoms with Gasteiger partial charge in [0, 0.05) is 17.6 Å². The van der Waals surface area contributed by atoms with E-state index in [1.165, 1.54) is 25.0 Å². The van der Waals surface area contributed by atoms with Crippen LogP contribution in [0, 0.1) is 11.7 Å². The number of benzene rings is 1. The van der Waals surface area contributed by atoms with Crippen LogP contribution in [0.1, 0.15) is 30.1 Å². The second-order valence-corrected chi connectivity index (χ2v) is 6.53. The molecule has 0 bridgehead atoms. The molecule has 2 rings (SSSR count). The quantitative estimate of drug-likeness (QED) is 0.796. The molecule has 1 aromatic carbocycles. The first-order valence-corrected chi connectivity index (χ1v) is 8.01. The Hall–Kier alpha value is -1.14. The maximum absolute atomic E-state index is 13.3. The molecule has 6 heteroatoms. The Kier molecular flexibility index (Phi) is 5.58. The van der Waals surface area contributed by atoms with Crippen LogP contribution in [0.2, 0.25) is 0 Å². The topological polar surface area (TPSA) is 58.4 Å². The molecule has 1 aliphatic heterocycles. The summed E-state index contributed by atoms with van der Waals surface area (Å²) in [5.41, 5.74) is 5.85. The van der Waals surface area contributed by atoms with Crippen LogP contribution in [0.4, 0.5) is 10.1 Å². The molecule has 1 fully saturated rings. The number of halogens is 2. The molecular weight excluding hydrogens is 337 g/mol. The highest BCUT2D eigenvalue weighted by Crippen LogP contribution is 2.22. The molecule has 0 radical (unpaired) electrons. The van der Waals surface area contributed by atoms with E-state index in [1.54, 1.807) is 0 Å². The normalized spacial score (nSPS) is 16.9. The van der Waals surface area contributed by atoms with Crippen molar-refractivity contribution in [1.82, 2.24) is 10.2 Å². The lowest BCUT2D eigenvalue weighted by Gasteiger charge is -2.20. The van der Waals surface area contributed by atoms with Crippen molar-refractivity contribution in [1.29, 1.82) is 0 Å².